The third-order valence-corrected chi connectivity index (χ3v) is 9.70. The van der Waals surface area contributed by atoms with Crippen LogP contribution in [0.4, 0.5) is 0 Å². The molecule has 2 aliphatic carbocycles. The summed E-state index contributed by atoms with van der Waals surface area (Å²) in [6.07, 6.45) is 2.18. The van der Waals surface area contributed by atoms with Gasteiger partial charge in [-0.2, -0.15) is 0 Å². The Kier molecular flexibility index (Phi) is 10.4. The number of ketones is 1. The summed E-state index contributed by atoms with van der Waals surface area (Å²) in [5.41, 5.74) is 0.397. The van der Waals surface area contributed by atoms with Crippen molar-refractivity contribution < 1.29 is 49.0 Å². The summed E-state index contributed by atoms with van der Waals surface area (Å²) in [6, 6.07) is 15.6. The van der Waals surface area contributed by atoms with Gasteiger partial charge in [0.1, 0.15) is 6.10 Å². The number of carboxylic acid groups (broad SMARTS) is 1. The maximum absolute atomic E-state index is 13.3. The molecular formula is C34H43NO10. The lowest BCUT2D eigenvalue weighted by molar-refractivity contribution is -0.176. The summed E-state index contributed by atoms with van der Waals surface area (Å²) in [4.78, 5) is 35.9. The zero-order valence-electron chi connectivity index (χ0n) is 25.5. The number of rotatable bonds is 11. The van der Waals surface area contributed by atoms with Gasteiger partial charge in [-0.05, 0) is 61.3 Å². The number of hydrogen-bond donors (Lipinski definition) is 4. The molecule has 0 spiro atoms. The second-order valence-corrected chi connectivity index (χ2v) is 12.6. The topological polar surface area (TPSA) is 163 Å². The number of carbonyl (C=O) groups is 3. The van der Waals surface area contributed by atoms with Gasteiger partial charge in [0.05, 0.1) is 6.61 Å². The molecule has 4 N–H and O–H groups in total. The van der Waals surface area contributed by atoms with E-state index in [2.05, 4.69) is 17.0 Å². The number of aliphatic carboxylic acids is 1. The van der Waals surface area contributed by atoms with E-state index in [0.29, 0.717) is 36.7 Å². The van der Waals surface area contributed by atoms with Gasteiger partial charge in [-0.1, -0.05) is 55.7 Å². The zero-order chi connectivity index (χ0) is 32.1. The van der Waals surface area contributed by atoms with Gasteiger partial charge in [0.15, 0.2) is 29.0 Å². The van der Waals surface area contributed by atoms with E-state index in [1.54, 1.807) is 0 Å². The molecule has 45 heavy (non-hydrogen) atoms. The summed E-state index contributed by atoms with van der Waals surface area (Å²) in [6.45, 7) is 4.87. The normalized spacial score (nSPS) is 24.8. The van der Waals surface area contributed by atoms with Crippen LogP contribution in [0.3, 0.4) is 0 Å². The average molecular weight is 626 g/mol. The highest BCUT2D eigenvalue weighted by atomic mass is 16.7. The van der Waals surface area contributed by atoms with Crippen LogP contribution < -0.4 is 9.47 Å². The van der Waals surface area contributed by atoms with Crippen LogP contribution in [0.5, 0.6) is 11.5 Å². The third kappa shape index (κ3) is 7.49. The third-order valence-electron chi connectivity index (χ3n) is 9.70. The number of aliphatic hydroxyl groups excluding tert-OH is 2. The van der Waals surface area contributed by atoms with Crippen molar-refractivity contribution in [3.8, 4) is 11.5 Å². The molecular weight excluding hydrogens is 582 g/mol. The van der Waals surface area contributed by atoms with Crippen LogP contribution in [-0.2, 0) is 31.1 Å². The van der Waals surface area contributed by atoms with E-state index in [-0.39, 0.29) is 5.92 Å². The summed E-state index contributed by atoms with van der Waals surface area (Å²) in [7, 11) is 0. The number of Topliss-reactive ketones (excluding diaryl/α,β-unsaturated/α-hetero) is 1. The van der Waals surface area contributed by atoms with Gasteiger partial charge in [0, 0.05) is 31.5 Å². The minimum Gasteiger partial charge on any atom is -0.479 e. The predicted molar refractivity (Wildman–Crippen MR) is 161 cm³/mol. The Hall–Kier alpha value is -3.51. The maximum Gasteiger partial charge on any atom is 0.343 e. The van der Waals surface area contributed by atoms with Crippen LogP contribution in [0.15, 0.2) is 48.5 Å². The molecule has 4 aliphatic rings. The number of ether oxygens (including phenoxy) is 3. The molecule has 0 bridgehead atoms. The molecule has 5 atom stereocenters. The van der Waals surface area contributed by atoms with E-state index in [1.807, 2.05) is 36.4 Å². The number of piperidine rings is 1. The Morgan fingerprint density at radius 3 is 2.24 bits per heavy atom. The lowest BCUT2D eigenvalue weighted by Crippen LogP contribution is -2.45. The van der Waals surface area contributed by atoms with Crippen molar-refractivity contribution in [1.82, 2.24) is 4.90 Å². The molecule has 1 saturated heterocycles. The first-order chi connectivity index (χ1) is 21.6. The highest BCUT2D eigenvalue weighted by Crippen LogP contribution is 2.52. The van der Waals surface area contributed by atoms with Crippen molar-refractivity contribution in [2.75, 3.05) is 33.0 Å². The molecule has 2 aromatic carbocycles. The van der Waals surface area contributed by atoms with Crippen molar-refractivity contribution in [3.63, 3.8) is 0 Å². The minimum atomic E-state index is -2.02. The summed E-state index contributed by atoms with van der Waals surface area (Å²) in [5.74, 6) is 0.383. The minimum absolute atomic E-state index is 0.0727. The number of hydrogen-bond acceptors (Lipinski definition) is 10. The fourth-order valence-corrected chi connectivity index (χ4v) is 6.92. The van der Waals surface area contributed by atoms with Crippen LogP contribution >= 0.6 is 0 Å². The fourth-order valence-electron chi connectivity index (χ4n) is 6.92. The standard InChI is InChI=1S/C29H35NO5.C5H8O5/c31-28(29(32,21-7-3-1-4-8-21)22-9-5-2-6-10-22)33-18-25-23-16-30(17-24(23)25)14-13-20-11-12-26-27(15-20)35-19-34-26;1-2(6)3(7)4(8)5(9)10/h1,3-4,7-8,11-12,15,22-25,32H,2,5-6,9-10,13-14,16-19H2;3-4,7-8H,1H3,(H,9,10)/t;3-,4+/m.0/s1. The Bertz CT molecular complexity index is 1320. The fraction of sp³-hybridized carbons (Fsp3) is 0.559. The second-order valence-electron chi connectivity index (χ2n) is 12.6. The molecule has 0 amide bonds. The lowest BCUT2D eigenvalue weighted by atomic mass is 9.73. The molecule has 244 valence electrons. The van der Waals surface area contributed by atoms with Crippen LogP contribution in [-0.4, -0.2) is 88.3 Å². The molecule has 11 nitrogen and oxygen atoms in total. The molecule has 2 saturated carbocycles. The van der Waals surface area contributed by atoms with Crippen LogP contribution in [0.1, 0.15) is 50.2 Å². The molecule has 2 aliphatic heterocycles. The maximum atomic E-state index is 13.3. The van der Waals surface area contributed by atoms with Gasteiger partial charge >= 0.3 is 11.9 Å². The SMILES string of the molecule is CC(=O)[C@H](O)[C@@H](O)C(=O)O.O=C(OCC1C2CN(CCc3ccc4c(c3)OCO4)CC12)C(O)(c1ccccc1)C1CCCCC1. The molecule has 11 heteroatoms. The first-order valence-electron chi connectivity index (χ1n) is 15.7. The van der Waals surface area contributed by atoms with E-state index < -0.39 is 35.5 Å². The summed E-state index contributed by atoms with van der Waals surface area (Å²) >= 11 is 0. The lowest BCUT2D eigenvalue weighted by Gasteiger charge is -2.36. The number of fused-ring (bicyclic) bond motifs is 2. The largest absolute Gasteiger partial charge is 0.479 e. The number of nitrogens with zero attached hydrogens (tertiary/aromatic N) is 1. The number of likely N-dealkylation sites (tertiary alicyclic amines) is 1. The summed E-state index contributed by atoms with van der Waals surface area (Å²) in [5, 5.41) is 36.8. The van der Waals surface area contributed by atoms with E-state index >= 15 is 0 Å². The smallest absolute Gasteiger partial charge is 0.343 e. The monoisotopic (exact) mass is 625 g/mol. The van der Waals surface area contributed by atoms with Gasteiger partial charge < -0.3 is 39.5 Å². The highest BCUT2D eigenvalue weighted by Gasteiger charge is 2.56. The van der Waals surface area contributed by atoms with Gasteiger partial charge in [-0.15, -0.1) is 0 Å². The quantitative estimate of drug-likeness (QED) is 0.272. The number of carbonyl (C=O) groups excluding carboxylic acids is 2. The molecule has 6 rings (SSSR count). The van der Waals surface area contributed by atoms with Crippen molar-refractivity contribution >= 4 is 17.7 Å². The summed E-state index contributed by atoms with van der Waals surface area (Å²) < 4.78 is 16.7. The van der Waals surface area contributed by atoms with Crippen LogP contribution in [0, 0.1) is 23.7 Å². The first kappa shape index (κ1) is 32.9. The van der Waals surface area contributed by atoms with Gasteiger partial charge in [0.2, 0.25) is 6.79 Å². The second kappa shape index (κ2) is 14.3. The predicted octanol–water partition coefficient (Wildman–Crippen LogP) is 2.53. The molecule has 2 heterocycles. The average Bonchev–Trinajstić information content (AvgIpc) is 3.36. The van der Waals surface area contributed by atoms with Crippen molar-refractivity contribution in [1.29, 1.82) is 0 Å². The Balaban J connectivity index is 0.000000348. The van der Waals surface area contributed by atoms with E-state index in [9.17, 15) is 19.5 Å². The van der Waals surface area contributed by atoms with Crippen molar-refractivity contribution in [2.24, 2.45) is 23.7 Å². The van der Waals surface area contributed by atoms with E-state index in [4.69, 9.17) is 29.5 Å². The van der Waals surface area contributed by atoms with Crippen molar-refractivity contribution in [2.45, 2.75) is 63.3 Å². The van der Waals surface area contributed by atoms with E-state index in [0.717, 1.165) is 70.2 Å². The van der Waals surface area contributed by atoms with Crippen LogP contribution in [0.25, 0.3) is 0 Å². The van der Waals surface area contributed by atoms with Gasteiger partial charge in [-0.3, -0.25) is 4.79 Å². The molecule has 2 aromatic rings. The molecule has 3 fully saturated rings. The van der Waals surface area contributed by atoms with Crippen LogP contribution in [0.2, 0.25) is 0 Å². The Morgan fingerprint density at radius 1 is 0.956 bits per heavy atom. The van der Waals surface area contributed by atoms with E-state index in [1.165, 1.54) is 12.0 Å². The molecule has 0 radical (unpaired) electrons. The van der Waals surface area contributed by atoms with Gasteiger partial charge in [0.25, 0.3) is 0 Å². The van der Waals surface area contributed by atoms with Crippen molar-refractivity contribution in [3.05, 3.63) is 59.7 Å². The Labute approximate surface area is 262 Å². The number of esters is 1. The van der Waals surface area contributed by atoms with Gasteiger partial charge in [-0.25, -0.2) is 9.59 Å². The molecule has 3 unspecified atom stereocenters. The molecule has 0 aromatic heterocycles. The number of aliphatic hydroxyl groups is 3. The number of carboxylic acids is 1. The highest BCUT2D eigenvalue weighted by molar-refractivity contribution is 5.87. The Morgan fingerprint density at radius 2 is 1.62 bits per heavy atom. The first-order valence-corrected chi connectivity index (χ1v) is 15.7. The zero-order valence-corrected chi connectivity index (χ0v) is 25.5. The number of benzene rings is 2.